The molecule has 5 heteroatoms. The summed E-state index contributed by atoms with van der Waals surface area (Å²) in [6.07, 6.45) is 3.26. The number of ether oxygens (including phenoxy) is 1. The van der Waals surface area contributed by atoms with E-state index in [-0.39, 0.29) is 5.91 Å². The predicted molar refractivity (Wildman–Crippen MR) is 114 cm³/mol. The van der Waals surface area contributed by atoms with E-state index in [1.54, 1.807) is 18.5 Å². The van der Waals surface area contributed by atoms with Crippen LogP contribution in [0.2, 0.25) is 0 Å². The highest BCUT2D eigenvalue weighted by Gasteiger charge is 2.12. The van der Waals surface area contributed by atoms with Crippen LogP contribution in [0.25, 0.3) is 0 Å². The number of amides is 1. The molecule has 0 saturated carbocycles. The normalized spacial score (nSPS) is 10.6. The maximum atomic E-state index is 12.7. The number of anilines is 3. The summed E-state index contributed by atoms with van der Waals surface area (Å²) in [6.45, 7) is 6.74. The van der Waals surface area contributed by atoms with Gasteiger partial charge in [0.25, 0.3) is 5.91 Å². The molecule has 0 aliphatic heterocycles. The van der Waals surface area contributed by atoms with Gasteiger partial charge in [-0.05, 0) is 42.7 Å². The molecule has 144 valence electrons. The van der Waals surface area contributed by atoms with E-state index in [0.29, 0.717) is 29.5 Å². The van der Waals surface area contributed by atoms with Crippen LogP contribution in [0.3, 0.4) is 0 Å². The van der Waals surface area contributed by atoms with Crippen molar-refractivity contribution in [3.63, 3.8) is 0 Å². The Balaban J connectivity index is 1.79. The van der Waals surface area contributed by atoms with Gasteiger partial charge in [0, 0.05) is 11.9 Å². The Bertz CT molecular complexity index is 954. The minimum Gasteiger partial charge on any atom is -0.492 e. The third-order valence-electron chi connectivity index (χ3n) is 4.30. The van der Waals surface area contributed by atoms with E-state index in [1.807, 2.05) is 49.4 Å². The molecular formula is C23H25N3O2. The highest BCUT2D eigenvalue weighted by Crippen LogP contribution is 2.27. The molecule has 5 nitrogen and oxygen atoms in total. The minimum atomic E-state index is -0.236. The van der Waals surface area contributed by atoms with Crippen LogP contribution in [0.5, 0.6) is 5.75 Å². The van der Waals surface area contributed by atoms with Crippen molar-refractivity contribution in [1.82, 2.24) is 4.98 Å². The lowest BCUT2D eigenvalue weighted by Gasteiger charge is -2.15. The number of para-hydroxylation sites is 3. The first kappa shape index (κ1) is 19.4. The lowest BCUT2D eigenvalue weighted by atomic mass is 10.0. The molecule has 28 heavy (non-hydrogen) atoms. The van der Waals surface area contributed by atoms with E-state index in [1.165, 1.54) is 5.56 Å². The fraction of sp³-hybridized carbons (Fsp3) is 0.217. The van der Waals surface area contributed by atoms with E-state index in [9.17, 15) is 4.79 Å². The van der Waals surface area contributed by atoms with E-state index in [4.69, 9.17) is 4.74 Å². The number of hydrogen-bond acceptors (Lipinski definition) is 4. The summed E-state index contributed by atoms with van der Waals surface area (Å²) in [7, 11) is 0. The van der Waals surface area contributed by atoms with Crippen LogP contribution >= 0.6 is 0 Å². The molecule has 2 aromatic carbocycles. The van der Waals surface area contributed by atoms with Crippen molar-refractivity contribution in [1.29, 1.82) is 0 Å². The number of nitrogens with one attached hydrogen (secondary N) is 2. The predicted octanol–water partition coefficient (Wildman–Crippen LogP) is 5.60. The molecule has 0 radical (unpaired) electrons. The number of carbonyl (C=O) groups is 1. The molecule has 0 saturated heterocycles. The van der Waals surface area contributed by atoms with Gasteiger partial charge in [0.1, 0.15) is 5.75 Å². The van der Waals surface area contributed by atoms with Gasteiger partial charge in [0.05, 0.1) is 29.7 Å². The summed E-state index contributed by atoms with van der Waals surface area (Å²) in [5.74, 6) is 0.796. The minimum absolute atomic E-state index is 0.236. The van der Waals surface area contributed by atoms with Crippen LogP contribution in [0.4, 0.5) is 17.1 Å². The highest BCUT2D eigenvalue weighted by atomic mass is 16.5. The Morgan fingerprint density at radius 3 is 2.50 bits per heavy atom. The van der Waals surface area contributed by atoms with Crippen molar-refractivity contribution in [2.24, 2.45) is 0 Å². The molecule has 1 amide bonds. The molecule has 0 fully saturated rings. The number of benzene rings is 2. The molecule has 0 spiro atoms. The fourth-order valence-corrected chi connectivity index (χ4v) is 2.95. The Morgan fingerprint density at radius 1 is 1.04 bits per heavy atom. The van der Waals surface area contributed by atoms with E-state index < -0.39 is 0 Å². The first-order valence-electron chi connectivity index (χ1n) is 9.42. The van der Waals surface area contributed by atoms with Crippen molar-refractivity contribution in [3.8, 4) is 5.75 Å². The average molecular weight is 375 g/mol. The smallest absolute Gasteiger partial charge is 0.257 e. The summed E-state index contributed by atoms with van der Waals surface area (Å²) in [5.41, 5.74) is 4.09. The number of nitrogens with zero attached hydrogens (tertiary/aromatic N) is 1. The molecule has 3 rings (SSSR count). The van der Waals surface area contributed by atoms with Crippen LogP contribution in [-0.2, 0) is 0 Å². The van der Waals surface area contributed by atoms with E-state index in [0.717, 1.165) is 11.4 Å². The summed E-state index contributed by atoms with van der Waals surface area (Å²) in [6, 6.07) is 17.3. The van der Waals surface area contributed by atoms with Gasteiger partial charge in [-0.1, -0.05) is 44.2 Å². The first-order chi connectivity index (χ1) is 13.6. The molecule has 0 unspecified atom stereocenters. The Morgan fingerprint density at radius 2 is 1.75 bits per heavy atom. The maximum absolute atomic E-state index is 12.7. The SMILES string of the molecule is CCOc1ccccc1NC(=O)c1cncc(Nc2ccccc2C(C)C)c1. The summed E-state index contributed by atoms with van der Waals surface area (Å²) >= 11 is 0. The van der Waals surface area contributed by atoms with Gasteiger partial charge in [-0.15, -0.1) is 0 Å². The average Bonchev–Trinajstić information content (AvgIpc) is 2.70. The van der Waals surface area contributed by atoms with Gasteiger partial charge in [0.2, 0.25) is 0 Å². The zero-order chi connectivity index (χ0) is 19.9. The van der Waals surface area contributed by atoms with Crippen LogP contribution < -0.4 is 15.4 Å². The van der Waals surface area contributed by atoms with Crippen molar-refractivity contribution in [3.05, 3.63) is 78.1 Å². The van der Waals surface area contributed by atoms with Crippen molar-refractivity contribution in [2.45, 2.75) is 26.7 Å². The van der Waals surface area contributed by atoms with Gasteiger partial charge < -0.3 is 15.4 Å². The molecular weight excluding hydrogens is 350 g/mol. The number of rotatable bonds is 7. The molecule has 1 aromatic heterocycles. The molecule has 0 aliphatic rings. The van der Waals surface area contributed by atoms with Gasteiger partial charge in [-0.25, -0.2) is 0 Å². The topological polar surface area (TPSA) is 63.2 Å². The van der Waals surface area contributed by atoms with Crippen LogP contribution in [-0.4, -0.2) is 17.5 Å². The van der Waals surface area contributed by atoms with Gasteiger partial charge in [-0.2, -0.15) is 0 Å². The lowest BCUT2D eigenvalue weighted by molar-refractivity contribution is 0.102. The van der Waals surface area contributed by atoms with Gasteiger partial charge >= 0.3 is 0 Å². The largest absolute Gasteiger partial charge is 0.492 e. The number of hydrogen-bond donors (Lipinski definition) is 2. The Labute approximate surface area is 165 Å². The first-order valence-corrected chi connectivity index (χ1v) is 9.42. The quantitative estimate of drug-likeness (QED) is 0.564. The van der Waals surface area contributed by atoms with E-state index >= 15 is 0 Å². The summed E-state index contributed by atoms with van der Waals surface area (Å²) < 4.78 is 5.57. The Kier molecular flexibility index (Phi) is 6.27. The standard InChI is InChI=1S/C23H25N3O2/c1-4-28-22-12-8-7-11-21(22)26-23(27)17-13-18(15-24-14-17)25-20-10-6-5-9-19(20)16(2)3/h5-16,25H,4H2,1-3H3,(H,26,27). The van der Waals surface area contributed by atoms with Crippen molar-refractivity contribution in [2.75, 3.05) is 17.2 Å². The molecule has 0 bridgehead atoms. The van der Waals surface area contributed by atoms with Crippen molar-refractivity contribution >= 4 is 23.0 Å². The van der Waals surface area contributed by atoms with Crippen LogP contribution in [0.15, 0.2) is 67.0 Å². The van der Waals surface area contributed by atoms with Gasteiger partial charge in [0.15, 0.2) is 0 Å². The zero-order valence-corrected chi connectivity index (χ0v) is 16.4. The molecule has 2 N–H and O–H groups in total. The van der Waals surface area contributed by atoms with Crippen LogP contribution in [0.1, 0.15) is 42.6 Å². The maximum Gasteiger partial charge on any atom is 0.257 e. The summed E-state index contributed by atoms with van der Waals surface area (Å²) in [4.78, 5) is 16.9. The highest BCUT2D eigenvalue weighted by molar-refractivity contribution is 6.05. The molecule has 1 heterocycles. The third kappa shape index (κ3) is 4.68. The monoisotopic (exact) mass is 375 g/mol. The van der Waals surface area contributed by atoms with E-state index in [2.05, 4.69) is 35.5 Å². The summed E-state index contributed by atoms with van der Waals surface area (Å²) in [5, 5.41) is 6.28. The molecule has 3 aromatic rings. The van der Waals surface area contributed by atoms with Crippen LogP contribution in [0, 0.1) is 0 Å². The number of pyridine rings is 1. The van der Waals surface area contributed by atoms with Gasteiger partial charge in [-0.3, -0.25) is 9.78 Å². The van der Waals surface area contributed by atoms with Crippen molar-refractivity contribution < 1.29 is 9.53 Å². The molecule has 0 atom stereocenters. The fourth-order valence-electron chi connectivity index (χ4n) is 2.95. The third-order valence-corrected chi connectivity index (χ3v) is 4.30. The second-order valence-electron chi connectivity index (χ2n) is 6.71. The Hall–Kier alpha value is -3.34. The second-order valence-corrected chi connectivity index (χ2v) is 6.71. The number of carbonyl (C=O) groups excluding carboxylic acids is 1. The zero-order valence-electron chi connectivity index (χ0n) is 16.4. The lowest BCUT2D eigenvalue weighted by Crippen LogP contribution is -2.13. The second kappa shape index (κ2) is 9.04. The molecule has 0 aliphatic carbocycles. The number of aromatic nitrogens is 1.